The molecule has 0 aromatic rings. The van der Waals surface area contributed by atoms with Crippen LogP contribution >= 0.6 is 0 Å². The molecular weight excluding hydrogens is 280 g/mol. The van der Waals surface area contributed by atoms with Crippen molar-refractivity contribution in [3.63, 3.8) is 0 Å². The van der Waals surface area contributed by atoms with E-state index >= 15 is 0 Å². The fourth-order valence-corrected chi connectivity index (χ4v) is 5.08. The summed E-state index contributed by atoms with van der Waals surface area (Å²) in [5, 5.41) is 0. The van der Waals surface area contributed by atoms with E-state index in [4.69, 9.17) is 0 Å². The first kappa shape index (κ1) is 19.2. The fourth-order valence-electron chi connectivity index (χ4n) is 5.08. The van der Waals surface area contributed by atoms with Gasteiger partial charge in [-0.2, -0.15) is 0 Å². The molecule has 2 heterocycles. The minimum atomic E-state index is 0.473. The third kappa shape index (κ3) is 4.95. The summed E-state index contributed by atoms with van der Waals surface area (Å²) in [6, 6.07) is 1.71. The fraction of sp³-hybridized carbons (Fsp3) is 1.00. The van der Waals surface area contributed by atoms with E-state index in [0.29, 0.717) is 5.54 Å². The van der Waals surface area contributed by atoms with Gasteiger partial charge in [-0.3, -0.25) is 9.80 Å². The van der Waals surface area contributed by atoms with Gasteiger partial charge in [-0.1, -0.05) is 72.1 Å². The van der Waals surface area contributed by atoms with Gasteiger partial charge in [0, 0.05) is 30.7 Å². The molecule has 136 valence electrons. The Morgan fingerprint density at radius 1 is 0.783 bits per heavy atom. The van der Waals surface area contributed by atoms with E-state index in [1.165, 1.54) is 90.3 Å². The third-order valence-corrected chi connectivity index (χ3v) is 6.59. The lowest BCUT2D eigenvalue weighted by atomic mass is 9.85. The normalized spacial score (nSPS) is 27.7. The van der Waals surface area contributed by atoms with Gasteiger partial charge in [0.25, 0.3) is 0 Å². The van der Waals surface area contributed by atoms with Gasteiger partial charge in [-0.15, -0.1) is 0 Å². The molecule has 0 amide bonds. The molecule has 3 atom stereocenters. The Balaban J connectivity index is 1.88. The predicted octanol–water partition coefficient (Wildman–Crippen LogP) is 5.46. The maximum absolute atomic E-state index is 2.94. The summed E-state index contributed by atoms with van der Waals surface area (Å²) in [5.41, 5.74) is 0.473. The largest absolute Gasteiger partial charge is 0.298 e. The number of hydrogen-bond donors (Lipinski definition) is 0. The summed E-state index contributed by atoms with van der Waals surface area (Å²) >= 11 is 0. The lowest BCUT2D eigenvalue weighted by Crippen LogP contribution is -2.56. The summed E-state index contributed by atoms with van der Waals surface area (Å²) in [6.07, 6.45) is 15.6. The maximum atomic E-state index is 2.94. The highest BCUT2D eigenvalue weighted by atomic mass is 15.4. The molecule has 0 spiro atoms. The second-order valence-corrected chi connectivity index (χ2v) is 8.40. The highest BCUT2D eigenvalue weighted by Crippen LogP contribution is 2.40. The molecule has 2 rings (SSSR count). The number of nitrogens with zero attached hydrogens (tertiary/aromatic N) is 2. The number of unbranched alkanes of at least 4 members (excludes halogenated alkanes) is 6. The Kier molecular flexibility index (Phi) is 7.88. The molecule has 2 saturated heterocycles. The summed E-state index contributed by atoms with van der Waals surface area (Å²) in [7, 11) is 0. The number of likely N-dealkylation sites (N-methyl/N-ethyl adjacent to an activating group) is 1. The van der Waals surface area contributed by atoms with Crippen molar-refractivity contribution in [2.24, 2.45) is 0 Å². The lowest BCUT2D eigenvalue weighted by Gasteiger charge is -2.46. The van der Waals surface area contributed by atoms with Crippen LogP contribution in [0.15, 0.2) is 0 Å². The highest BCUT2D eigenvalue weighted by Gasteiger charge is 2.48. The van der Waals surface area contributed by atoms with Gasteiger partial charge in [0.1, 0.15) is 0 Å². The second kappa shape index (κ2) is 9.42. The quantitative estimate of drug-likeness (QED) is 0.440. The molecular formula is C21H42N2. The standard InChI is InChI=1S/C21H42N2/c1-5-8-10-11-13-15-21(4,14-12-9-6-2)23-18-19-16-20(23)17-22(19)7-3/h19-20H,5-18H2,1-4H3. The molecule has 0 aromatic heterocycles. The molecule has 2 nitrogen and oxygen atoms in total. The van der Waals surface area contributed by atoms with Crippen LogP contribution in [-0.4, -0.2) is 47.1 Å². The number of rotatable bonds is 12. The number of likely N-dealkylation sites (tertiary alicyclic amines) is 2. The van der Waals surface area contributed by atoms with Gasteiger partial charge in [0.2, 0.25) is 0 Å². The van der Waals surface area contributed by atoms with Crippen molar-refractivity contribution in [3.8, 4) is 0 Å². The summed E-state index contributed by atoms with van der Waals surface area (Å²) < 4.78 is 0. The molecule has 0 aliphatic carbocycles. The van der Waals surface area contributed by atoms with Crippen molar-refractivity contribution in [1.82, 2.24) is 9.80 Å². The van der Waals surface area contributed by atoms with Crippen molar-refractivity contribution in [2.75, 3.05) is 19.6 Å². The van der Waals surface area contributed by atoms with E-state index in [1.807, 2.05) is 0 Å². The molecule has 2 aliphatic rings. The predicted molar refractivity (Wildman–Crippen MR) is 102 cm³/mol. The van der Waals surface area contributed by atoms with Gasteiger partial charge in [0.15, 0.2) is 0 Å². The highest BCUT2D eigenvalue weighted by molar-refractivity contribution is 5.05. The third-order valence-electron chi connectivity index (χ3n) is 6.59. The van der Waals surface area contributed by atoms with E-state index in [-0.39, 0.29) is 0 Å². The molecule has 23 heavy (non-hydrogen) atoms. The zero-order valence-electron chi connectivity index (χ0n) is 16.4. The molecule has 0 radical (unpaired) electrons. The second-order valence-electron chi connectivity index (χ2n) is 8.40. The van der Waals surface area contributed by atoms with Crippen LogP contribution in [0.25, 0.3) is 0 Å². The zero-order chi connectivity index (χ0) is 16.7. The lowest BCUT2D eigenvalue weighted by molar-refractivity contribution is 0.0244. The van der Waals surface area contributed by atoms with E-state index in [9.17, 15) is 0 Å². The van der Waals surface area contributed by atoms with E-state index in [0.717, 1.165) is 12.1 Å². The van der Waals surface area contributed by atoms with Crippen molar-refractivity contribution < 1.29 is 0 Å². The van der Waals surface area contributed by atoms with Crippen molar-refractivity contribution >= 4 is 0 Å². The first-order chi connectivity index (χ1) is 11.1. The molecule has 2 bridgehead atoms. The van der Waals surface area contributed by atoms with Crippen LogP contribution in [0.3, 0.4) is 0 Å². The molecule has 0 aromatic carbocycles. The number of fused-ring (bicyclic) bond motifs is 2. The Bertz CT molecular complexity index is 330. The average Bonchev–Trinajstić information content (AvgIpc) is 3.15. The van der Waals surface area contributed by atoms with Gasteiger partial charge in [-0.25, -0.2) is 0 Å². The zero-order valence-corrected chi connectivity index (χ0v) is 16.4. The van der Waals surface area contributed by atoms with Crippen LogP contribution < -0.4 is 0 Å². The minimum absolute atomic E-state index is 0.473. The molecule has 0 N–H and O–H groups in total. The van der Waals surface area contributed by atoms with Crippen LogP contribution in [0.1, 0.15) is 98.3 Å². The van der Waals surface area contributed by atoms with Gasteiger partial charge in [-0.05, 0) is 32.7 Å². The molecule has 0 saturated carbocycles. The Hall–Kier alpha value is -0.0800. The van der Waals surface area contributed by atoms with Crippen molar-refractivity contribution in [2.45, 2.75) is 116 Å². The average molecular weight is 323 g/mol. The van der Waals surface area contributed by atoms with Gasteiger partial charge in [0.05, 0.1) is 0 Å². The van der Waals surface area contributed by atoms with Crippen LogP contribution in [-0.2, 0) is 0 Å². The SMILES string of the molecule is CCCCCCCC(C)(CCCCC)N1CC2CC1CN2CC. The summed E-state index contributed by atoms with van der Waals surface area (Å²) in [5.74, 6) is 0. The topological polar surface area (TPSA) is 6.48 Å². The number of piperazine rings is 1. The van der Waals surface area contributed by atoms with E-state index < -0.39 is 0 Å². The van der Waals surface area contributed by atoms with Crippen LogP contribution in [0.2, 0.25) is 0 Å². The first-order valence-electron chi connectivity index (χ1n) is 10.7. The van der Waals surface area contributed by atoms with Crippen molar-refractivity contribution in [1.29, 1.82) is 0 Å². The minimum Gasteiger partial charge on any atom is -0.298 e. The van der Waals surface area contributed by atoms with Crippen LogP contribution in [0.4, 0.5) is 0 Å². The van der Waals surface area contributed by atoms with Gasteiger partial charge >= 0.3 is 0 Å². The van der Waals surface area contributed by atoms with Gasteiger partial charge < -0.3 is 0 Å². The van der Waals surface area contributed by atoms with Crippen LogP contribution in [0, 0.1) is 0 Å². The van der Waals surface area contributed by atoms with E-state index in [1.54, 1.807) is 0 Å². The molecule has 2 heteroatoms. The Morgan fingerprint density at radius 3 is 1.96 bits per heavy atom. The summed E-state index contributed by atoms with van der Waals surface area (Å²) in [4.78, 5) is 5.66. The maximum Gasteiger partial charge on any atom is 0.0244 e. The van der Waals surface area contributed by atoms with Crippen LogP contribution in [0.5, 0.6) is 0 Å². The number of hydrogen-bond acceptors (Lipinski definition) is 2. The smallest absolute Gasteiger partial charge is 0.0244 e. The summed E-state index contributed by atoms with van der Waals surface area (Å²) in [6.45, 7) is 13.5. The Morgan fingerprint density at radius 2 is 1.39 bits per heavy atom. The molecule has 2 aliphatic heterocycles. The molecule has 2 fully saturated rings. The monoisotopic (exact) mass is 322 g/mol. The first-order valence-corrected chi connectivity index (χ1v) is 10.7. The van der Waals surface area contributed by atoms with E-state index in [2.05, 4.69) is 37.5 Å². The molecule has 3 unspecified atom stereocenters. The Labute approximate surface area is 146 Å². The van der Waals surface area contributed by atoms with Crippen molar-refractivity contribution in [3.05, 3.63) is 0 Å².